The van der Waals surface area contributed by atoms with Crippen molar-refractivity contribution in [2.75, 3.05) is 20.2 Å². The molecule has 16 heavy (non-hydrogen) atoms. The summed E-state index contributed by atoms with van der Waals surface area (Å²) in [4.78, 5) is 0. The number of hydrogen-bond acceptors (Lipinski definition) is 3. The van der Waals surface area contributed by atoms with Crippen molar-refractivity contribution in [3.05, 3.63) is 18.0 Å². The zero-order valence-electron chi connectivity index (χ0n) is 10.8. The number of nitrogens with one attached hydrogen (secondary N) is 1. The van der Waals surface area contributed by atoms with Crippen LogP contribution in [0, 0.1) is 0 Å². The van der Waals surface area contributed by atoms with Crippen molar-refractivity contribution in [2.24, 2.45) is 7.05 Å². The van der Waals surface area contributed by atoms with Crippen LogP contribution >= 0.6 is 0 Å². The smallest absolute Gasteiger partial charge is 0.0634 e. The normalized spacial score (nSPS) is 12.0. The molecule has 0 fully saturated rings. The summed E-state index contributed by atoms with van der Waals surface area (Å²) in [5.41, 5.74) is 1.25. The SMILES string of the molecule is COC(C)(C)CCNCCc1cnn(C)c1. The highest BCUT2D eigenvalue weighted by Crippen LogP contribution is 2.11. The predicted octanol–water partition coefficient (Wildman–Crippen LogP) is 1.37. The van der Waals surface area contributed by atoms with E-state index in [2.05, 4.69) is 30.5 Å². The van der Waals surface area contributed by atoms with Crippen LogP contribution in [-0.2, 0) is 18.2 Å². The largest absolute Gasteiger partial charge is 0.379 e. The molecule has 1 aromatic heterocycles. The van der Waals surface area contributed by atoms with Crippen molar-refractivity contribution in [1.82, 2.24) is 15.1 Å². The third kappa shape index (κ3) is 4.77. The Labute approximate surface area is 98.0 Å². The van der Waals surface area contributed by atoms with E-state index in [0.29, 0.717) is 0 Å². The van der Waals surface area contributed by atoms with E-state index < -0.39 is 0 Å². The van der Waals surface area contributed by atoms with Gasteiger partial charge in [-0.1, -0.05) is 0 Å². The Morgan fingerprint density at radius 1 is 1.44 bits per heavy atom. The molecule has 92 valence electrons. The Bertz CT molecular complexity index is 307. The van der Waals surface area contributed by atoms with E-state index in [4.69, 9.17) is 4.74 Å². The highest BCUT2D eigenvalue weighted by atomic mass is 16.5. The molecule has 0 amide bonds. The fraction of sp³-hybridized carbons (Fsp3) is 0.750. The van der Waals surface area contributed by atoms with Gasteiger partial charge in [-0.25, -0.2) is 0 Å². The number of ether oxygens (including phenoxy) is 1. The summed E-state index contributed by atoms with van der Waals surface area (Å²) in [6, 6.07) is 0. The molecule has 1 N–H and O–H groups in total. The molecule has 1 rings (SSSR count). The summed E-state index contributed by atoms with van der Waals surface area (Å²) in [7, 11) is 3.70. The molecule has 0 unspecified atom stereocenters. The van der Waals surface area contributed by atoms with E-state index in [0.717, 1.165) is 25.9 Å². The summed E-state index contributed by atoms with van der Waals surface area (Å²) in [5, 5.41) is 7.55. The lowest BCUT2D eigenvalue weighted by atomic mass is 10.1. The number of nitrogens with zero attached hydrogens (tertiary/aromatic N) is 2. The first-order chi connectivity index (χ1) is 7.53. The van der Waals surface area contributed by atoms with Crippen LogP contribution in [0.1, 0.15) is 25.8 Å². The van der Waals surface area contributed by atoms with Gasteiger partial charge in [0.05, 0.1) is 11.8 Å². The van der Waals surface area contributed by atoms with E-state index >= 15 is 0 Å². The van der Waals surface area contributed by atoms with Gasteiger partial charge in [0.25, 0.3) is 0 Å². The molecule has 1 aromatic rings. The molecule has 0 saturated heterocycles. The fourth-order valence-corrected chi connectivity index (χ4v) is 1.45. The molecule has 4 heteroatoms. The van der Waals surface area contributed by atoms with Crippen molar-refractivity contribution >= 4 is 0 Å². The minimum Gasteiger partial charge on any atom is -0.379 e. The van der Waals surface area contributed by atoms with E-state index in [1.165, 1.54) is 5.56 Å². The molecule has 0 aliphatic rings. The van der Waals surface area contributed by atoms with E-state index in [9.17, 15) is 0 Å². The van der Waals surface area contributed by atoms with E-state index in [-0.39, 0.29) is 5.60 Å². The molecule has 0 spiro atoms. The highest BCUT2D eigenvalue weighted by Gasteiger charge is 2.14. The van der Waals surface area contributed by atoms with Crippen LogP contribution in [0.4, 0.5) is 0 Å². The quantitative estimate of drug-likeness (QED) is 0.712. The molecule has 0 radical (unpaired) electrons. The number of methoxy groups -OCH3 is 1. The lowest BCUT2D eigenvalue weighted by Crippen LogP contribution is -2.29. The van der Waals surface area contributed by atoms with Crippen LogP contribution in [0.15, 0.2) is 12.4 Å². The van der Waals surface area contributed by atoms with Crippen LogP contribution in [0.2, 0.25) is 0 Å². The highest BCUT2D eigenvalue weighted by molar-refractivity contribution is 5.03. The number of aromatic nitrogens is 2. The summed E-state index contributed by atoms with van der Waals surface area (Å²) in [5.74, 6) is 0. The van der Waals surface area contributed by atoms with Crippen molar-refractivity contribution < 1.29 is 4.74 Å². The molecular weight excluding hydrogens is 202 g/mol. The molecule has 0 aliphatic carbocycles. The minimum atomic E-state index is -0.0265. The van der Waals surface area contributed by atoms with Gasteiger partial charge in [-0.3, -0.25) is 4.68 Å². The van der Waals surface area contributed by atoms with Crippen molar-refractivity contribution in [1.29, 1.82) is 0 Å². The van der Waals surface area contributed by atoms with Gasteiger partial charge >= 0.3 is 0 Å². The summed E-state index contributed by atoms with van der Waals surface area (Å²) in [6.07, 6.45) is 6.03. The monoisotopic (exact) mass is 225 g/mol. The summed E-state index contributed by atoms with van der Waals surface area (Å²) in [6.45, 7) is 6.19. The maximum Gasteiger partial charge on any atom is 0.0634 e. The van der Waals surface area contributed by atoms with E-state index in [1.807, 2.05) is 17.9 Å². The van der Waals surface area contributed by atoms with Gasteiger partial charge in [0.1, 0.15) is 0 Å². The third-order valence-electron chi connectivity index (χ3n) is 2.81. The van der Waals surface area contributed by atoms with Gasteiger partial charge in [-0.2, -0.15) is 5.10 Å². The molecule has 0 bridgehead atoms. The first kappa shape index (κ1) is 13.2. The van der Waals surface area contributed by atoms with Crippen molar-refractivity contribution in [3.8, 4) is 0 Å². The lowest BCUT2D eigenvalue weighted by molar-refractivity contribution is 0.0159. The topological polar surface area (TPSA) is 39.1 Å². The van der Waals surface area contributed by atoms with Crippen LogP contribution in [-0.4, -0.2) is 35.6 Å². The number of aryl methyl sites for hydroxylation is 1. The van der Waals surface area contributed by atoms with E-state index in [1.54, 1.807) is 7.11 Å². The molecule has 0 aliphatic heterocycles. The summed E-state index contributed by atoms with van der Waals surface area (Å²) >= 11 is 0. The fourth-order valence-electron chi connectivity index (χ4n) is 1.45. The summed E-state index contributed by atoms with van der Waals surface area (Å²) < 4.78 is 7.19. The van der Waals surface area contributed by atoms with Gasteiger partial charge in [0.2, 0.25) is 0 Å². The minimum absolute atomic E-state index is 0.0265. The second-order valence-corrected chi connectivity index (χ2v) is 4.74. The Hall–Kier alpha value is -0.870. The zero-order valence-corrected chi connectivity index (χ0v) is 10.8. The Morgan fingerprint density at radius 3 is 2.75 bits per heavy atom. The Morgan fingerprint density at radius 2 is 2.19 bits per heavy atom. The maximum absolute atomic E-state index is 5.35. The first-order valence-electron chi connectivity index (χ1n) is 5.77. The van der Waals surface area contributed by atoms with Gasteiger partial charge in [0, 0.05) is 20.4 Å². The molecule has 1 heterocycles. The van der Waals surface area contributed by atoms with Crippen molar-refractivity contribution in [2.45, 2.75) is 32.3 Å². The van der Waals surface area contributed by atoms with Crippen molar-refractivity contribution in [3.63, 3.8) is 0 Å². The molecule has 0 aromatic carbocycles. The Kier molecular flexibility index (Phi) is 4.96. The Balaban J connectivity index is 2.08. The third-order valence-corrected chi connectivity index (χ3v) is 2.81. The second-order valence-electron chi connectivity index (χ2n) is 4.74. The van der Waals surface area contributed by atoms with Gasteiger partial charge in [-0.15, -0.1) is 0 Å². The molecular formula is C12H23N3O. The van der Waals surface area contributed by atoms with Crippen LogP contribution in [0.5, 0.6) is 0 Å². The average Bonchev–Trinajstić information content (AvgIpc) is 2.64. The van der Waals surface area contributed by atoms with Gasteiger partial charge in [-0.05, 0) is 45.3 Å². The zero-order chi connectivity index (χ0) is 12.0. The lowest BCUT2D eigenvalue weighted by Gasteiger charge is -2.22. The van der Waals surface area contributed by atoms with Crippen LogP contribution in [0.25, 0.3) is 0 Å². The average molecular weight is 225 g/mol. The van der Waals surface area contributed by atoms with Gasteiger partial charge in [0.15, 0.2) is 0 Å². The second kappa shape index (κ2) is 6.01. The van der Waals surface area contributed by atoms with Crippen LogP contribution in [0.3, 0.4) is 0 Å². The molecule has 0 atom stereocenters. The van der Waals surface area contributed by atoms with Crippen LogP contribution < -0.4 is 5.32 Å². The standard InChI is InChI=1S/C12H23N3O/c1-12(2,16-4)6-8-13-7-5-11-9-14-15(3)10-11/h9-10,13H,5-8H2,1-4H3. The van der Waals surface area contributed by atoms with Gasteiger partial charge < -0.3 is 10.1 Å². The predicted molar refractivity (Wildman–Crippen MR) is 65.5 cm³/mol. The number of hydrogen-bond donors (Lipinski definition) is 1. The first-order valence-corrected chi connectivity index (χ1v) is 5.77. The molecule has 4 nitrogen and oxygen atoms in total. The number of rotatable bonds is 7. The maximum atomic E-state index is 5.35. The molecule has 0 saturated carbocycles.